The lowest BCUT2D eigenvalue weighted by Gasteiger charge is -2.19. The minimum Gasteiger partial charge on any atom is -0.372 e. The molecule has 0 atom stereocenters. The summed E-state index contributed by atoms with van der Waals surface area (Å²) in [4.78, 5) is 6.56. The molecule has 2 aromatic heterocycles. The first-order chi connectivity index (χ1) is 8.28. The van der Waals surface area contributed by atoms with Crippen LogP contribution in [-0.4, -0.2) is 31.3 Å². The van der Waals surface area contributed by atoms with E-state index < -0.39 is 0 Å². The highest BCUT2D eigenvalue weighted by atomic mass is 15.3. The first kappa shape index (κ1) is 10.1. The molecule has 5 heteroatoms. The third kappa shape index (κ3) is 1.63. The Kier molecular flexibility index (Phi) is 2.24. The third-order valence-electron chi connectivity index (χ3n) is 2.99. The summed E-state index contributed by atoms with van der Waals surface area (Å²) < 4.78 is 4.05. The van der Waals surface area contributed by atoms with Crippen molar-refractivity contribution < 1.29 is 0 Å². The summed E-state index contributed by atoms with van der Waals surface area (Å²) in [6.45, 7) is 3.81. The predicted octanol–water partition coefficient (Wildman–Crippen LogP) is 1.64. The van der Waals surface area contributed by atoms with Gasteiger partial charge in [0.05, 0.1) is 24.6 Å². The fourth-order valence-electron chi connectivity index (χ4n) is 2.02. The molecule has 5 nitrogen and oxygen atoms in total. The molecule has 0 saturated heterocycles. The van der Waals surface area contributed by atoms with Gasteiger partial charge in [-0.2, -0.15) is 5.10 Å². The number of nitrogens with zero attached hydrogens (tertiary/aromatic N) is 5. The molecule has 3 heterocycles. The summed E-state index contributed by atoms with van der Waals surface area (Å²) in [6.07, 6.45) is 9.96. The van der Waals surface area contributed by atoms with E-state index in [9.17, 15) is 0 Å². The van der Waals surface area contributed by atoms with Crippen molar-refractivity contribution in [3.8, 4) is 11.3 Å². The van der Waals surface area contributed by atoms with E-state index in [1.54, 1.807) is 0 Å². The molecular formula is C12H15N5. The summed E-state index contributed by atoms with van der Waals surface area (Å²) in [5, 5.41) is 4.30. The molecule has 1 aliphatic rings. The van der Waals surface area contributed by atoms with E-state index in [0.717, 1.165) is 30.2 Å². The van der Waals surface area contributed by atoms with Crippen LogP contribution in [0.15, 0.2) is 24.8 Å². The van der Waals surface area contributed by atoms with Crippen molar-refractivity contribution in [1.82, 2.24) is 24.2 Å². The average molecular weight is 229 g/mol. The van der Waals surface area contributed by atoms with Crippen LogP contribution in [0, 0.1) is 0 Å². The Bertz CT molecular complexity index is 563. The molecule has 1 aliphatic heterocycles. The maximum atomic E-state index is 4.45. The van der Waals surface area contributed by atoms with Crippen LogP contribution in [0.4, 0.5) is 0 Å². The zero-order valence-corrected chi connectivity index (χ0v) is 10.0. The van der Waals surface area contributed by atoms with Crippen LogP contribution in [0.1, 0.15) is 12.7 Å². The van der Waals surface area contributed by atoms with Gasteiger partial charge >= 0.3 is 0 Å². The van der Waals surface area contributed by atoms with E-state index in [2.05, 4.69) is 38.9 Å². The van der Waals surface area contributed by atoms with Gasteiger partial charge in [0, 0.05) is 37.8 Å². The van der Waals surface area contributed by atoms with Crippen LogP contribution in [0.2, 0.25) is 0 Å². The SMILES string of the molecule is CCn1cc(-c2cnc3n2C=CN(C)C3)cn1. The van der Waals surface area contributed by atoms with E-state index in [-0.39, 0.29) is 0 Å². The van der Waals surface area contributed by atoms with Crippen LogP contribution >= 0.6 is 0 Å². The van der Waals surface area contributed by atoms with Crippen molar-refractivity contribution in [2.24, 2.45) is 0 Å². The smallest absolute Gasteiger partial charge is 0.132 e. The van der Waals surface area contributed by atoms with Crippen LogP contribution in [0.5, 0.6) is 0 Å². The zero-order chi connectivity index (χ0) is 11.8. The molecule has 88 valence electrons. The molecule has 0 aromatic carbocycles. The monoisotopic (exact) mass is 229 g/mol. The van der Waals surface area contributed by atoms with Gasteiger partial charge in [0.1, 0.15) is 5.82 Å². The molecule has 0 radical (unpaired) electrons. The van der Waals surface area contributed by atoms with Crippen molar-refractivity contribution in [2.45, 2.75) is 20.0 Å². The number of aromatic nitrogens is 4. The average Bonchev–Trinajstić information content (AvgIpc) is 2.93. The number of hydrogen-bond donors (Lipinski definition) is 0. The first-order valence-electron chi connectivity index (χ1n) is 5.75. The van der Waals surface area contributed by atoms with Gasteiger partial charge in [-0.3, -0.25) is 4.68 Å². The van der Waals surface area contributed by atoms with Crippen LogP contribution in [0.3, 0.4) is 0 Å². The third-order valence-corrected chi connectivity index (χ3v) is 2.99. The van der Waals surface area contributed by atoms with Gasteiger partial charge in [0.25, 0.3) is 0 Å². The molecular weight excluding hydrogens is 214 g/mol. The van der Waals surface area contributed by atoms with E-state index in [4.69, 9.17) is 0 Å². The zero-order valence-electron chi connectivity index (χ0n) is 10.0. The van der Waals surface area contributed by atoms with Crippen molar-refractivity contribution in [1.29, 1.82) is 0 Å². The standard InChI is InChI=1S/C12H15N5/c1-3-16-8-10(6-14-16)11-7-13-12-9-15(2)4-5-17(11)12/h4-8H,3,9H2,1-2H3. The van der Waals surface area contributed by atoms with Gasteiger partial charge < -0.3 is 9.47 Å². The van der Waals surface area contributed by atoms with Gasteiger partial charge in [0.2, 0.25) is 0 Å². The lowest BCUT2D eigenvalue weighted by Crippen LogP contribution is -2.18. The molecule has 0 fully saturated rings. The van der Waals surface area contributed by atoms with Gasteiger partial charge in [-0.1, -0.05) is 0 Å². The van der Waals surface area contributed by atoms with Crippen LogP contribution in [0.25, 0.3) is 17.5 Å². The topological polar surface area (TPSA) is 38.9 Å². The number of hydrogen-bond acceptors (Lipinski definition) is 3. The maximum absolute atomic E-state index is 4.45. The summed E-state index contributed by atoms with van der Waals surface area (Å²) in [5.74, 6) is 1.06. The number of rotatable bonds is 2. The second-order valence-electron chi connectivity index (χ2n) is 4.23. The maximum Gasteiger partial charge on any atom is 0.132 e. The Balaban J connectivity index is 2.04. The van der Waals surface area contributed by atoms with Gasteiger partial charge in [-0.25, -0.2) is 4.98 Å². The molecule has 0 aliphatic carbocycles. The lowest BCUT2D eigenvalue weighted by atomic mass is 10.3. The van der Waals surface area contributed by atoms with E-state index in [1.165, 1.54) is 0 Å². The quantitative estimate of drug-likeness (QED) is 0.785. The van der Waals surface area contributed by atoms with Crippen molar-refractivity contribution in [3.63, 3.8) is 0 Å². The molecule has 3 rings (SSSR count). The summed E-state index contributed by atoms with van der Waals surface area (Å²) >= 11 is 0. The van der Waals surface area contributed by atoms with Crippen LogP contribution in [-0.2, 0) is 13.1 Å². The number of imidazole rings is 1. The molecule has 0 saturated carbocycles. The molecule has 17 heavy (non-hydrogen) atoms. The Morgan fingerprint density at radius 2 is 2.18 bits per heavy atom. The molecule has 0 spiro atoms. The van der Waals surface area contributed by atoms with Crippen molar-refractivity contribution in [3.05, 3.63) is 30.6 Å². The van der Waals surface area contributed by atoms with E-state index in [1.807, 2.05) is 30.3 Å². The molecule has 0 bridgehead atoms. The largest absolute Gasteiger partial charge is 0.372 e. The molecule has 0 amide bonds. The fraction of sp³-hybridized carbons (Fsp3) is 0.333. The lowest BCUT2D eigenvalue weighted by molar-refractivity contribution is 0.424. The normalized spacial score (nSPS) is 14.1. The van der Waals surface area contributed by atoms with E-state index >= 15 is 0 Å². The summed E-state index contributed by atoms with van der Waals surface area (Å²) in [6, 6.07) is 0. The number of fused-ring (bicyclic) bond motifs is 1. The van der Waals surface area contributed by atoms with Gasteiger partial charge in [0.15, 0.2) is 0 Å². The van der Waals surface area contributed by atoms with Gasteiger partial charge in [-0.15, -0.1) is 0 Å². The van der Waals surface area contributed by atoms with Crippen molar-refractivity contribution >= 4 is 6.20 Å². The molecule has 0 N–H and O–H groups in total. The van der Waals surface area contributed by atoms with Gasteiger partial charge in [-0.05, 0) is 6.92 Å². The Labute approximate surface area is 100.0 Å². The second kappa shape index (κ2) is 3.76. The minimum absolute atomic E-state index is 0.846. The van der Waals surface area contributed by atoms with Crippen LogP contribution < -0.4 is 0 Å². The Morgan fingerprint density at radius 1 is 1.29 bits per heavy atom. The minimum atomic E-state index is 0.846. The number of aryl methyl sites for hydroxylation is 1. The highest BCUT2D eigenvalue weighted by Crippen LogP contribution is 2.23. The Morgan fingerprint density at radius 3 is 2.94 bits per heavy atom. The highest BCUT2D eigenvalue weighted by molar-refractivity contribution is 5.61. The molecule has 2 aromatic rings. The first-order valence-corrected chi connectivity index (χ1v) is 5.75. The fourth-order valence-corrected chi connectivity index (χ4v) is 2.02. The van der Waals surface area contributed by atoms with Crippen molar-refractivity contribution in [2.75, 3.05) is 7.05 Å². The predicted molar refractivity (Wildman–Crippen MR) is 65.9 cm³/mol. The Hall–Kier alpha value is -2.04. The van der Waals surface area contributed by atoms with E-state index in [0.29, 0.717) is 0 Å². The summed E-state index contributed by atoms with van der Waals surface area (Å²) in [7, 11) is 2.05. The summed E-state index contributed by atoms with van der Waals surface area (Å²) in [5.41, 5.74) is 2.21. The highest BCUT2D eigenvalue weighted by Gasteiger charge is 2.14. The molecule has 0 unspecified atom stereocenters. The second-order valence-corrected chi connectivity index (χ2v) is 4.23.